The van der Waals surface area contributed by atoms with E-state index in [2.05, 4.69) is 30.3 Å². The van der Waals surface area contributed by atoms with Crippen molar-refractivity contribution in [2.45, 2.75) is 38.8 Å². The molecule has 2 aliphatic rings. The molecule has 40 heavy (non-hydrogen) atoms. The predicted molar refractivity (Wildman–Crippen MR) is 154 cm³/mol. The van der Waals surface area contributed by atoms with Crippen LogP contribution in [-0.4, -0.2) is 31.1 Å². The highest BCUT2D eigenvalue weighted by atomic mass is 16.5. The van der Waals surface area contributed by atoms with Crippen molar-refractivity contribution in [3.05, 3.63) is 95.2 Å². The van der Waals surface area contributed by atoms with E-state index in [9.17, 15) is 9.90 Å². The van der Waals surface area contributed by atoms with Crippen molar-refractivity contribution in [1.29, 1.82) is 0 Å². The van der Waals surface area contributed by atoms with E-state index in [4.69, 9.17) is 9.47 Å². The number of benzene rings is 3. The van der Waals surface area contributed by atoms with Crippen LogP contribution in [0.3, 0.4) is 0 Å². The molecule has 2 heterocycles. The smallest absolute Gasteiger partial charge is 0.216 e. The molecule has 4 aromatic rings. The van der Waals surface area contributed by atoms with Crippen molar-refractivity contribution >= 4 is 16.7 Å². The van der Waals surface area contributed by atoms with Crippen LogP contribution in [0.1, 0.15) is 46.3 Å². The Morgan fingerprint density at radius 3 is 2.55 bits per heavy atom. The predicted octanol–water partition coefficient (Wildman–Crippen LogP) is 4.20. The summed E-state index contributed by atoms with van der Waals surface area (Å²) in [7, 11) is 3.60. The number of aromatic nitrogens is 1. The minimum Gasteiger partial charge on any atom is -0.507 e. The van der Waals surface area contributed by atoms with Gasteiger partial charge in [-0.25, -0.2) is 4.57 Å². The third-order valence-electron chi connectivity index (χ3n) is 8.79. The summed E-state index contributed by atoms with van der Waals surface area (Å²) in [6.07, 6.45) is 5.95. The molecule has 1 fully saturated rings. The molecule has 6 nitrogen and oxygen atoms in total. The van der Waals surface area contributed by atoms with Crippen LogP contribution in [-0.2, 0) is 26.6 Å². The number of nitrogens with zero attached hydrogens (tertiary/aromatic N) is 1. The third-order valence-corrected chi connectivity index (χ3v) is 8.79. The molecule has 6 heteroatoms. The lowest BCUT2D eigenvalue weighted by Crippen LogP contribution is -3.11. The molecular weight excluding hydrogens is 500 g/mol. The number of ether oxygens (including phenoxy) is 2. The van der Waals surface area contributed by atoms with Gasteiger partial charge >= 0.3 is 0 Å². The number of aromatic hydroxyl groups is 1. The van der Waals surface area contributed by atoms with E-state index in [-0.39, 0.29) is 17.5 Å². The first-order chi connectivity index (χ1) is 19.5. The van der Waals surface area contributed by atoms with E-state index >= 15 is 0 Å². The van der Waals surface area contributed by atoms with Crippen LogP contribution in [0.4, 0.5) is 0 Å². The fourth-order valence-corrected chi connectivity index (χ4v) is 6.52. The average molecular weight is 539 g/mol. The standard InChI is InChI=1S/C34H36N2O4/c1-35-13-12-31(37)28-9-8-25(17-30(28)35)22-40-33-20-29-26(19-32(33)39-2)18-27(34(29)38)16-23-10-14-36(15-11-23)21-24-6-4-3-5-7-24/h3-9,12-13,17,19-20,23,27H,10-11,14-16,18,21-22H2,1-2H3/p+2. The maximum absolute atomic E-state index is 13.5. The number of hydrogen-bond donors (Lipinski definition) is 2. The van der Waals surface area contributed by atoms with Gasteiger partial charge in [-0.05, 0) is 60.9 Å². The second-order valence-electron chi connectivity index (χ2n) is 11.5. The first-order valence-corrected chi connectivity index (χ1v) is 14.3. The number of ketones is 1. The van der Waals surface area contributed by atoms with Crippen LogP contribution < -0.4 is 18.9 Å². The molecule has 206 valence electrons. The number of aryl methyl sites for hydroxylation is 1. The molecule has 6 rings (SSSR count). The van der Waals surface area contributed by atoms with Crippen molar-refractivity contribution in [2.24, 2.45) is 18.9 Å². The minimum absolute atomic E-state index is 0.0452. The molecule has 1 aliphatic heterocycles. The summed E-state index contributed by atoms with van der Waals surface area (Å²) in [5, 5.41) is 11.0. The van der Waals surface area contributed by atoms with Gasteiger partial charge in [0, 0.05) is 29.2 Å². The van der Waals surface area contributed by atoms with Crippen LogP contribution in [0.25, 0.3) is 10.9 Å². The summed E-state index contributed by atoms with van der Waals surface area (Å²) in [5.41, 5.74) is 5.15. The number of methoxy groups -OCH3 is 1. The zero-order valence-electron chi connectivity index (χ0n) is 23.4. The minimum atomic E-state index is 0.0452. The van der Waals surface area contributed by atoms with Gasteiger partial charge in [0.2, 0.25) is 5.52 Å². The molecule has 3 aromatic carbocycles. The zero-order chi connectivity index (χ0) is 27.6. The average Bonchev–Trinajstić information content (AvgIpc) is 3.28. The fraction of sp³-hybridized carbons (Fsp3) is 0.353. The molecule has 1 saturated heterocycles. The Kier molecular flexibility index (Phi) is 7.44. The Balaban J connectivity index is 1.09. The first kappa shape index (κ1) is 26.3. The van der Waals surface area contributed by atoms with Crippen LogP contribution in [0.2, 0.25) is 0 Å². The summed E-state index contributed by atoms with van der Waals surface area (Å²) in [4.78, 5) is 15.1. The van der Waals surface area contributed by atoms with Crippen molar-refractivity contribution in [1.82, 2.24) is 0 Å². The van der Waals surface area contributed by atoms with Gasteiger partial charge in [-0.2, -0.15) is 0 Å². The number of likely N-dealkylation sites (tertiary alicyclic amines) is 1. The molecule has 0 radical (unpaired) electrons. The highest BCUT2D eigenvalue weighted by Crippen LogP contribution is 2.39. The van der Waals surface area contributed by atoms with E-state index in [0.29, 0.717) is 24.0 Å². The van der Waals surface area contributed by atoms with Crippen molar-refractivity contribution < 1.29 is 28.8 Å². The number of fused-ring (bicyclic) bond motifs is 2. The number of quaternary nitrogens is 1. The van der Waals surface area contributed by atoms with Gasteiger partial charge in [-0.3, -0.25) is 4.79 Å². The van der Waals surface area contributed by atoms with Gasteiger partial charge in [0.15, 0.2) is 23.5 Å². The number of piperidine rings is 1. The molecule has 0 amide bonds. The van der Waals surface area contributed by atoms with Crippen LogP contribution in [0, 0.1) is 11.8 Å². The van der Waals surface area contributed by atoms with Gasteiger partial charge in [-0.15, -0.1) is 0 Å². The van der Waals surface area contributed by atoms with E-state index < -0.39 is 0 Å². The molecule has 0 bridgehead atoms. The number of nitrogens with one attached hydrogen (secondary N) is 1. The quantitative estimate of drug-likeness (QED) is 0.330. The fourth-order valence-electron chi connectivity index (χ4n) is 6.52. The van der Waals surface area contributed by atoms with Crippen LogP contribution in [0.15, 0.2) is 72.9 Å². The van der Waals surface area contributed by atoms with Crippen molar-refractivity contribution in [3.63, 3.8) is 0 Å². The summed E-state index contributed by atoms with van der Waals surface area (Å²) in [6.45, 7) is 3.77. The SMILES string of the molecule is COc1cc2c(cc1OCc1ccc3c(O)cc[n+](C)c3c1)C(=O)C(CC1CC[NH+](Cc3ccccc3)CC1)C2. The van der Waals surface area contributed by atoms with E-state index in [0.717, 1.165) is 47.0 Å². The van der Waals surface area contributed by atoms with Crippen LogP contribution in [0.5, 0.6) is 17.2 Å². The van der Waals surface area contributed by atoms with Crippen LogP contribution >= 0.6 is 0 Å². The summed E-state index contributed by atoms with van der Waals surface area (Å²) >= 11 is 0. The van der Waals surface area contributed by atoms with E-state index in [1.807, 2.05) is 48.1 Å². The lowest BCUT2D eigenvalue weighted by atomic mass is 9.85. The molecule has 0 spiro atoms. The van der Waals surface area contributed by atoms with E-state index in [1.165, 1.54) is 31.5 Å². The topological polar surface area (TPSA) is 64.1 Å². The summed E-state index contributed by atoms with van der Waals surface area (Å²) in [5.74, 6) is 2.41. The molecular formula is C34H38N2O4+2. The lowest BCUT2D eigenvalue weighted by Gasteiger charge is -2.30. The highest BCUT2D eigenvalue weighted by Gasteiger charge is 2.35. The normalized spacial score (nSPS) is 20.4. The number of carbonyl (C=O) groups excluding carboxylic acids is 1. The summed E-state index contributed by atoms with van der Waals surface area (Å²) in [6, 6.07) is 22.2. The van der Waals surface area contributed by atoms with Crippen molar-refractivity contribution in [2.75, 3.05) is 20.2 Å². The lowest BCUT2D eigenvalue weighted by molar-refractivity contribution is -0.919. The molecule has 0 saturated carbocycles. The van der Waals surface area contributed by atoms with Gasteiger partial charge in [-0.1, -0.05) is 36.4 Å². The Morgan fingerprint density at radius 1 is 0.975 bits per heavy atom. The monoisotopic (exact) mass is 538 g/mol. The van der Waals surface area contributed by atoms with Gasteiger partial charge < -0.3 is 19.5 Å². The number of hydrogen-bond acceptors (Lipinski definition) is 4. The molecule has 2 N–H and O–H groups in total. The van der Waals surface area contributed by atoms with Gasteiger partial charge in [0.05, 0.1) is 25.6 Å². The Labute approximate surface area is 235 Å². The van der Waals surface area contributed by atoms with Gasteiger partial charge in [0.1, 0.15) is 25.9 Å². The largest absolute Gasteiger partial charge is 0.507 e. The molecule has 1 aliphatic carbocycles. The maximum atomic E-state index is 13.5. The number of rotatable bonds is 8. The highest BCUT2D eigenvalue weighted by molar-refractivity contribution is 6.03. The number of pyridine rings is 1. The second-order valence-corrected chi connectivity index (χ2v) is 11.5. The number of carbonyl (C=O) groups is 1. The van der Waals surface area contributed by atoms with Gasteiger partial charge in [0.25, 0.3) is 0 Å². The second kappa shape index (κ2) is 11.3. The Morgan fingerprint density at radius 2 is 1.77 bits per heavy atom. The number of Topliss-reactive ketones (excluding diaryl/α,β-unsaturated/α-hetero) is 1. The first-order valence-electron chi connectivity index (χ1n) is 14.3. The van der Waals surface area contributed by atoms with Crippen molar-refractivity contribution in [3.8, 4) is 17.2 Å². The molecule has 1 atom stereocenters. The third kappa shape index (κ3) is 5.41. The Hall–Kier alpha value is -3.90. The summed E-state index contributed by atoms with van der Waals surface area (Å²) < 4.78 is 13.8. The van der Waals surface area contributed by atoms with E-state index in [1.54, 1.807) is 18.1 Å². The Bertz CT molecular complexity index is 1530. The molecule has 1 unspecified atom stereocenters. The molecule has 1 aromatic heterocycles. The maximum Gasteiger partial charge on any atom is 0.216 e. The zero-order valence-corrected chi connectivity index (χ0v) is 23.4.